The quantitative estimate of drug-likeness (QED) is 0.726. The van der Waals surface area contributed by atoms with E-state index in [-0.39, 0.29) is 11.9 Å². The van der Waals surface area contributed by atoms with E-state index in [4.69, 9.17) is 4.74 Å². The van der Waals surface area contributed by atoms with Crippen molar-refractivity contribution in [1.82, 2.24) is 10.6 Å². The van der Waals surface area contributed by atoms with Gasteiger partial charge in [-0.1, -0.05) is 12.1 Å². The van der Waals surface area contributed by atoms with Crippen molar-refractivity contribution in [1.29, 1.82) is 0 Å². The van der Waals surface area contributed by atoms with Gasteiger partial charge in [0, 0.05) is 6.42 Å². The van der Waals surface area contributed by atoms with Crippen molar-refractivity contribution in [2.75, 3.05) is 20.7 Å². The Morgan fingerprint density at radius 2 is 2.00 bits per heavy atom. The zero-order chi connectivity index (χ0) is 13.4. The summed E-state index contributed by atoms with van der Waals surface area (Å²) >= 11 is 0. The van der Waals surface area contributed by atoms with E-state index in [1.54, 1.807) is 7.11 Å². The molecule has 1 aromatic carbocycles. The zero-order valence-corrected chi connectivity index (χ0v) is 11.3. The van der Waals surface area contributed by atoms with Crippen LogP contribution in [-0.4, -0.2) is 26.6 Å². The van der Waals surface area contributed by atoms with Gasteiger partial charge in [-0.3, -0.25) is 4.79 Å². The molecule has 0 radical (unpaired) electrons. The number of hydrogen-bond donors (Lipinski definition) is 2. The van der Waals surface area contributed by atoms with Crippen LogP contribution in [0.2, 0.25) is 0 Å². The topological polar surface area (TPSA) is 50.4 Å². The molecule has 2 N–H and O–H groups in total. The van der Waals surface area contributed by atoms with Crippen LogP contribution in [0, 0.1) is 0 Å². The van der Waals surface area contributed by atoms with E-state index >= 15 is 0 Å². The van der Waals surface area contributed by atoms with Gasteiger partial charge in [0.1, 0.15) is 5.75 Å². The van der Waals surface area contributed by atoms with Crippen molar-refractivity contribution in [2.24, 2.45) is 0 Å². The van der Waals surface area contributed by atoms with Crippen molar-refractivity contribution in [3.8, 4) is 5.75 Å². The number of nitrogens with one attached hydrogen (secondary N) is 2. The second kappa shape index (κ2) is 7.71. The lowest BCUT2D eigenvalue weighted by atomic mass is 10.1. The highest BCUT2D eigenvalue weighted by Gasteiger charge is 2.09. The first-order valence-electron chi connectivity index (χ1n) is 6.25. The van der Waals surface area contributed by atoms with E-state index in [0.717, 1.165) is 24.3 Å². The summed E-state index contributed by atoms with van der Waals surface area (Å²) in [4.78, 5) is 11.7. The second-order valence-corrected chi connectivity index (χ2v) is 4.27. The average Bonchev–Trinajstić information content (AvgIpc) is 2.39. The van der Waals surface area contributed by atoms with Crippen molar-refractivity contribution in [3.63, 3.8) is 0 Å². The van der Waals surface area contributed by atoms with Gasteiger partial charge in [0.05, 0.1) is 13.2 Å². The predicted octanol–water partition coefficient (Wildman–Crippen LogP) is 1.87. The molecule has 18 heavy (non-hydrogen) atoms. The molecule has 0 aliphatic carbocycles. The highest BCUT2D eigenvalue weighted by atomic mass is 16.5. The summed E-state index contributed by atoms with van der Waals surface area (Å²) < 4.78 is 5.10. The average molecular weight is 250 g/mol. The summed E-state index contributed by atoms with van der Waals surface area (Å²) in [6.07, 6.45) is 1.42. The number of methoxy groups -OCH3 is 1. The highest BCUT2D eigenvalue weighted by molar-refractivity contribution is 5.76. The van der Waals surface area contributed by atoms with Crippen LogP contribution in [0.25, 0.3) is 0 Å². The molecule has 4 heteroatoms. The van der Waals surface area contributed by atoms with Gasteiger partial charge >= 0.3 is 0 Å². The molecular weight excluding hydrogens is 228 g/mol. The van der Waals surface area contributed by atoms with E-state index in [9.17, 15) is 4.79 Å². The molecule has 0 unspecified atom stereocenters. The number of rotatable bonds is 7. The lowest BCUT2D eigenvalue weighted by Gasteiger charge is -2.14. The Hall–Kier alpha value is -1.55. The Kier molecular flexibility index (Phi) is 6.22. The molecule has 1 atom stereocenters. The normalized spacial score (nSPS) is 11.9. The largest absolute Gasteiger partial charge is 0.497 e. The van der Waals surface area contributed by atoms with Crippen LogP contribution < -0.4 is 15.4 Å². The summed E-state index contributed by atoms with van der Waals surface area (Å²) in [5, 5.41) is 6.01. The molecule has 0 bridgehead atoms. The van der Waals surface area contributed by atoms with Gasteiger partial charge in [0.2, 0.25) is 5.91 Å². The van der Waals surface area contributed by atoms with Gasteiger partial charge in [-0.15, -0.1) is 0 Å². The molecule has 1 rings (SSSR count). The fourth-order valence-electron chi connectivity index (χ4n) is 1.72. The molecule has 1 amide bonds. The van der Waals surface area contributed by atoms with Gasteiger partial charge in [-0.25, -0.2) is 0 Å². The summed E-state index contributed by atoms with van der Waals surface area (Å²) in [6.45, 7) is 2.85. The molecule has 0 aliphatic heterocycles. The molecule has 0 spiro atoms. The molecule has 4 nitrogen and oxygen atoms in total. The van der Waals surface area contributed by atoms with E-state index in [0.29, 0.717) is 6.42 Å². The van der Waals surface area contributed by atoms with Gasteiger partial charge in [0.15, 0.2) is 0 Å². The lowest BCUT2D eigenvalue weighted by molar-refractivity contribution is -0.121. The van der Waals surface area contributed by atoms with Crippen LogP contribution in [-0.2, 0) is 4.79 Å². The number of carbonyl (C=O) groups excluding carboxylic acids is 1. The number of hydrogen-bond acceptors (Lipinski definition) is 3. The Bertz CT molecular complexity index is 363. The fraction of sp³-hybridized carbons (Fsp3) is 0.500. The van der Waals surface area contributed by atoms with Crippen LogP contribution in [0.1, 0.15) is 31.4 Å². The third kappa shape index (κ3) is 4.75. The van der Waals surface area contributed by atoms with Crippen molar-refractivity contribution >= 4 is 5.91 Å². The van der Waals surface area contributed by atoms with Gasteiger partial charge in [-0.2, -0.15) is 0 Å². The van der Waals surface area contributed by atoms with Crippen LogP contribution in [0.15, 0.2) is 24.3 Å². The minimum Gasteiger partial charge on any atom is -0.497 e. The van der Waals surface area contributed by atoms with Crippen LogP contribution in [0.3, 0.4) is 0 Å². The maximum Gasteiger partial charge on any atom is 0.220 e. The first-order valence-corrected chi connectivity index (χ1v) is 6.25. The van der Waals surface area contributed by atoms with E-state index in [2.05, 4.69) is 10.6 Å². The van der Waals surface area contributed by atoms with Crippen LogP contribution >= 0.6 is 0 Å². The van der Waals surface area contributed by atoms with Gasteiger partial charge < -0.3 is 15.4 Å². The number of ether oxygens (including phenoxy) is 1. The third-order valence-corrected chi connectivity index (χ3v) is 2.82. The summed E-state index contributed by atoms with van der Waals surface area (Å²) in [6, 6.07) is 7.77. The van der Waals surface area contributed by atoms with Crippen molar-refractivity contribution in [3.05, 3.63) is 29.8 Å². The fourth-order valence-corrected chi connectivity index (χ4v) is 1.72. The van der Waals surface area contributed by atoms with Gasteiger partial charge in [0.25, 0.3) is 0 Å². The van der Waals surface area contributed by atoms with Crippen molar-refractivity contribution < 1.29 is 9.53 Å². The minimum absolute atomic E-state index is 0.0259. The number of carbonyl (C=O) groups is 1. The third-order valence-electron chi connectivity index (χ3n) is 2.82. The number of amides is 1. The molecule has 0 heterocycles. The van der Waals surface area contributed by atoms with E-state index < -0.39 is 0 Å². The minimum atomic E-state index is 0.0259. The Labute approximate surface area is 109 Å². The molecule has 0 saturated heterocycles. The molecule has 0 aliphatic rings. The monoisotopic (exact) mass is 250 g/mol. The Morgan fingerprint density at radius 3 is 2.56 bits per heavy atom. The first kappa shape index (κ1) is 14.5. The summed E-state index contributed by atoms with van der Waals surface area (Å²) in [5.74, 6) is 0.917. The molecule has 0 saturated carbocycles. The molecular formula is C14H22N2O2. The van der Waals surface area contributed by atoms with Crippen molar-refractivity contribution in [2.45, 2.75) is 25.8 Å². The maximum absolute atomic E-state index is 11.7. The van der Waals surface area contributed by atoms with Gasteiger partial charge in [-0.05, 0) is 44.6 Å². The smallest absolute Gasteiger partial charge is 0.220 e. The lowest BCUT2D eigenvalue weighted by Crippen LogP contribution is -2.27. The standard InChI is InChI=1S/C14H22N2O2/c1-11(16-14(17)5-4-10-15-2)12-6-8-13(18-3)9-7-12/h6-9,11,15H,4-5,10H2,1-3H3,(H,16,17)/t11-/m0/s1. The highest BCUT2D eigenvalue weighted by Crippen LogP contribution is 2.17. The SMILES string of the molecule is CNCCCC(=O)N[C@@H](C)c1ccc(OC)cc1. The zero-order valence-electron chi connectivity index (χ0n) is 11.3. The van der Waals surface area contributed by atoms with E-state index in [1.807, 2.05) is 38.2 Å². The van der Waals surface area contributed by atoms with E-state index in [1.165, 1.54) is 0 Å². The van der Waals surface area contributed by atoms with Crippen LogP contribution in [0.5, 0.6) is 5.75 Å². The molecule has 1 aromatic rings. The van der Waals surface area contributed by atoms with Crippen LogP contribution in [0.4, 0.5) is 0 Å². The first-order chi connectivity index (χ1) is 8.67. The maximum atomic E-state index is 11.7. The Balaban J connectivity index is 2.43. The molecule has 100 valence electrons. The summed E-state index contributed by atoms with van der Waals surface area (Å²) in [7, 11) is 3.53. The number of benzene rings is 1. The second-order valence-electron chi connectivity index (χ2n) is 4.27. The predicted molar refractivity (Wildman–Crippen MR) is 72.7 cm³/mol. The summed E-state index contributed by atoms with van der Waals surface area (Å²) in [5.41, 5.74) is 1.08. The Morgan fingerprint density at radius 1 is 1.33 bits per heavy atom. The molecule has 0 fully saturated rings. The molecule has 0 aromatic heterocycles.